The van der Waals surface area contributed by atoms with E-state index in [1.807, 2.05) is 0 Å². The Balaban J connectivity index is -0.00000000186. The molecule has 0 aliphatic carbocycles. The minimum absolute atomic E-state index is 0. The van der Waals surface area contributed by atoms with Gasteiger partial charge in [0.1, 0.15) is 0 Å². The summed E-state index contributed by atoms with van der Waals surface area (Å²) in [4.78, 5) is 0. The first-order valence-corrected chi connectivity index (χ1v) is 4.88. The van der Waals surface area contributed by atoms with Crippen LogP contribution in [0.1, 0.15) is 34.6 Å². The minimum Gasteiger partial charge on any atom is -0.574 e. The number of hydrogen-bond acceptors (Lipinski definition) is 1. The molecule has 0 unspecified atom stereocenters. The summed E-state index contributed by atoms with van der Waals surface area (Å²) in [6.07, 6.45) is 0. The predicted octanol–water partition coefficient (Wildman–Crippen LogP) is 7.22. The SMILES string of the molecule is [CH-]1CO1.[CH-]=C.[CH2-]C.[CH2-]C.[CH2-]C.[CH2-]C.[CH2-]C.[CH3-].[CH3-].[CH3-].[CH3-].[CH3-].[Y].[Y].[Y].[Y].[Y].[Y].[Y].[Y]. The molecule has 0 aromatic heterocycles. The van der Waals surface area contributed by atoms with Crippen LogP contribution < -0.4 is 0 Å². The van der Waals surface area contributed by atoms with E-state index < -0.39 is 0 Å². The summed E-state index contributed by atoms with van der Waals surface area (Å²) in [7, 11) is 0. The van der Waals surface area contributed by atoms with Gasteiger partial charge in [-0.25, -0.2) is 0 Å². The van der Waals surface area contributed by atoms with Gasteiger partial charge in [-0.15, -0.1) is 0 Å². The molecule has 0 aromatic rings. The molecule has 8 radical (unpaired) electrons. The summed E-state index contributed by atoms with van der Waals surface area (Å²) in [5, 5.41) is 0. The van der Waals surface area contributed by atoms with Gasteiger partial charge in [-0.3, -0.25) is 6.58 Å². The maximum Gasteiger partial charge on any atom is 0 e. The Morgan fingerprint density at radius 1 is 0.500 bits per heavy atom. The predicted molar refractivity (Wildman–Crippen MR) is 107 cm³/mol. The van der Waals surface area contributed by atoms with E-state index in [1.165, 1.54) is 0 Å². The van der Waals surface area contributed by atoms with Gasteiger partial charge in [0.25, 0.3) is 0 Å². The summed E-state index contributed by atoms with van der Waals surface area (Å²) >= 11 is 0. The molecule has 28 heavy (non-hydrogen) atoms. The Morgan fingerprint density at radius 2 is 0.536 bits per heavy atom. The van der Waals surface area contributed by atoms with Gasteiger partial charge < -0.3 is 83.1 Å². The van der Waals surface area contributed by atoms with Crippen molar-refractivity contribution >= 4 is 0 Å². The molecule has 1 aliphatic rings. The van der Waals surface area contributed by atoms with Gasteiger partial charge in [0, 0.05) is 262 Å². The van der Waals surface area contributed by atoms with Crippen LogP contribution >= 0.6 is 0 Å². The van der Waals surface area contributed by atoms with Crippen molar-refractivity contribution in [3.63, 3.8) is 0 Å². The second-order valence-corrected chi connectivity index (χ2v) is 0.500. The second kappa shape index (κ2) is 319. The molecular weight excluding hydrogens is 955 g/mol. The Morgan fingerprint density at radius 3 is 0.536 bits per heavy atom. The molecule has 0 bridgehead atoms. The van der Waals surface area contributed by atoms with Crippen LogP contribution in [-0.2, 0) is 266 Å². The number of epoxide rings is 1. The van der Waals surface area contributed by atoms with E-state index in [-0.39, 0.29) is 299 Å². The standard InChI is InChI=1S/C2H3O.5C2H5.C2H3.5CH3.8Y/c1-2-3-1;6*1-2;;;;;;;;;;;;;/h1H,2H2;5*1H2,2H3;1H,2H2;5*1H3;;;;;;;;/q12*-1;;;;;;;;. The van der Waals surface area contributed by atoms with Crippen LogP contribution in [0.25, 0.3) is 0 Å². The van der Waals surface area contributed by atoms with E-state index in [9.17, 15) is 0 Å². The van der Waals surface area contributed by atoms with Crippen molar-refractivity contribution in [1.29, 1.82) is 0 Å². The Kier molecular flexibility index (Phi) is 1710. The van der Waals surface area contributed by atoms with Gasteiger partial charge in [-0.2, -0.15) is 41.2 Å². The summed E-state index contributed by atoms with van der Waals surface area (Å²) in [6, 6.07) is 0. The van der Waals surface area contributed by atoms with Crippen LogP contribution in [0.15, 0.2) is 6.58 Å². The fraction of sp³-hybridized carbons (Fsp3) is 0.316. The quantitative estimate of drug-likeness (QED) is 0.185. The van der Waals surface area contributed by atoms with E-state index in [2.05, 4.69) is 52.5 Å². The zero-order chi connectivity index (χ0) is 14.1. The fourth-order valence-electron chi connectivity index (χ4n) is 0. The van der Waals surface area contributed by atoms with E-state index in [0.29, 0.717) is 0 Å². The van der Waals surface area contributed by atoms with Gasteiger partial charge in [0.05, 0.1) is 0 Å². The van der Waals surface area contributed by atoms with Crippen molar-refractivity contribution in [2.45, 2.75) is 34.6 Å². The van der Waals surface area contributed by atoms with E-state index in [1.54, 1.807) is 41.2 Å². The van der Waals surface area contributed by atoms with Gasteiger partial charge in [0.15, 0.2) is 0 Å². The Bertz CT molecular complexity index is 41.1. The molecular formula is C19H46OY8-12. The third-order valence-corrected chi connectivity index (χ3v) is 0.167. The van der Waals surface area contributed by atoms with E-state index in [4.69, 9.17) is 0 Å². The number of hydrogen-bond donors (Lipinski definition) is 0. The topological polar surface area (TPSA) is 12.5 Å². The number of ether oxygens (including phenoxy) is 1. The molecule has 9 heteroatoms. The average molecular weight is 1000 g/mol. The molecule has 0 amide bonds. The smallest absolute Gasteiger partial charge is 0 e. The van der Waals surface area contributed by atoms with Crippen molar-refractivity contribution in [3.05, 3.63) is 91.5 Å². The molecule has 0 N–H and O–H groups in total. The summed E-state index contributed by atoms with van der Waals surface area (Å²) in [5.74, 6) is 0. The molecule has 164 valence electrons. The van der Waals surface area contributed by atoms with Crippen molar-refractivity contribution < 1.29 is 266 Å². The summed E-state index contributed by atoms with van der Waals surface area (Å²) in [6.45, 7) is 34.6. The molecule has 0 spiro atoms. The average Bonchev–Trinajstić information content (AvgIpc) is 3.31. The summed E-state index contributed by atoms with van der Waals surface area (Å²) < 4.78 is 4.38. The normalized spacial score (nSPS) is 3.79. The van der Waals surface area contributed by atoms with Gasteiger partial charge in [0.2, 0.25) is 0 Å². The van der Waals surface area contributed by atoms with Crippen LogP contribution in [0.5, 0.6) is 0 Å². The molecule has 1 saturated heterocycles. The first-order valence-electron chi connectivity index (χ1n) is 4.88. The monoisotopic (exact) mass is 1000 g/mol. The second-order valence-electron chi connectivity index (χ2n) is 0.500. The van der Waals surface area contributed by atoms with Crippen LogP contribution in [0.2, 0.25) is 0 Å². The summed E-state index contributed by atoms with van der Waals surface area (Å²) in [5.41, 5.74) is 0. The van der Waals surface area contributed by atoms with E-state index >= 15 is 0 Å². The van der Waals surface area contributed by atoms with Gasteiger partial charge >= 0.3 is 0 Å². The van der Waals surface area contributed by atoms with Crippen LogP contribution in [0.4, 0.5) is 0 Å². The molecule has 1 aliphatic heterocycles. The van der Waals surface area contributed by atoms with Gasteiger partial charge in [-0.1, -0.05) is 6.61 Å². The third kappa shape index (κ3) is 427. The molecule has 1 fully saturated rings. The molecule has 0 aromatic carbocycles. The van der Waals surface area contributed by atoms with Crippen LogP contribution in [0.3, 0.4) is 0 Å². The van der Waals surface area contributed by atoms with Crippen molar-refractivity contribution in [2.24, 2.45) is 0 Å². The Hall–Kier alpha value is 8.53. The first kappa shape index (κ1) is 150. The minimum atomic E-state index is 0. The van der Waals surface area contributed by atoms with Crippen molar-refractivity contribution in [2.75, 3.05) is 6.61 Å². The molecule has 1 rings (SSSR count). The van der Waals surface area contributed by atoms with Gasteiger partial charge in [-0.05, 0) is 0 Å². The maximum absolute atomic E-state index is 4.38. The molecule has 1 heterocycles. The zero-order valence-electron chi connectivity index (χ0n) is 21.1. The third-order valence-electron chi connectivity index (χ3n) is 0.167. The molecule has 0 atom stereocenters. The first-order chi connectivity index (χ1) is 7.50. The van der Waals surface area contributed by atoms with Crippen molar-refractivity contribution in [1.82, 2.24) is 0 Å². The zero-order valence-corrected chi connectivity index (χ0v) is 43.8. The van der Waals surface area contributed by atoms with E-state index in [0.717, 1.165) is 6.61 Å². The van der Waals surface area contributed by atoms with Crippen LogP contribution in [0, 0.1) is 84.9 Å². The largest absolute Gasteiger partial charge is 0.574 e. The number of rotatable bonds is 0. The van der Waals surface area contributed by atoms with Crippen molar-refractivity contribution in [3.8, 4) is 0 Å². The fourth-order valence-corrected chi connectivity index (χ4v) is 0. The molecule has 0 saturated carbocycles. The van der Waals surface area contributed by atoms with Crippen LogP contribution in [-0.4, -0.2) is 6.61 Å². The maximum atomic E-state index is 4.38. The Labute approximate surface area is 389 Å². The molecule has 1 nitrogen and oxygen atoms in total.